The summed E-state index contributed by atoms with van der Waals surface area (Å²) in [6.45, 7) is 6.63. The predicted molar refractivity (Wildman–Crippen MR) is 98.4 cm³/mol. The Labute approximate surface area is 155 Å². The summed E-state index contributed by atoms with van der Waals surface area (Å²) in [6.07, 6.45) is -4.45. The highest BCUT2D eigenvalue weighted by Crippen LogP contribution is 2.30. The van der Waals surface area contributed by atoms with Crippen molar-refractivity contribution in [3.8, 4) is 0 Å². The van der Waals surface area contributed by atoms with Crippen LogP contribution in [0.4, 0.5) is 24.5 Å². The molecule has 0 spiro atoms. The number of alkyl halides is 3. The van der Waals surface area contributed by atoms with Gasteiger partial charge in [-0.2, -0.15) is 13.2 Å². The smallest absolute Gasteiger partial charge is 0.325 e. The molecule has 0 fully saturated rings. The number of nitrogens with one attached hydrogen (secondary N) is 2. The van der Waals surface area contributed by atoms with Crippen molar-refractivity contribution in [1.82, 2.24) is 0 Å². The molecule has 7 heteroatoms. The van der Waals surface area contributed by atoms with Crippen molar-refractivity contribution in [2.24, 2.45) is 5.41 Å². The topological polar surface area (TPSA) is 58.2 Å². The molecular formula is C20H21F3N2O2. The van der Waals surface area contributed by atoms with Gasteiger partial charge in [-0.1, -0.05) is 12.1 Å². The molecule has 2 aromatic carbocycles. The maximum absolute atomic E-state index is 12.6. The minimum Gasteiger partial charge on any atom is -0.325 e. The highest BCUT2D eigenvalue weighted by Gasteiger charge is 2.36. The number of rotatable bonds is 4. The molecule has 0 heterocycles. The Morgan fingerprint density at radius 2 is 1.41 bits per heavy atom. The molecule has 0 aliphatic heterocycles. The fourth-order valence-corrected chi connectivity index (χ4v) is 2.28. The van der Waals surface area contributed by atoms with Gasteiger partial charge in [-0.15, -0.1) is 0 Å². The quantitative estimate of drug-likeness (QED) is 0.742. The summed E-state index contributed by atoms with van der Waals surface area (Å²) in [7, 11) is 0. The van der Waals surface area contributed by atoms with Crippen LogP contribution >= 0.6 is 0 Å². The van der Waals surface area contributed by atoms with Gasteiger partial charge in [-0.05, 0) is 69.2 Å². The molecule has 0 unspecified atom stereocenters. The lowest BCUT2D eigenvalue weighted by molar-refractivity contribution is -0.137. The molecule has 27 heavy (non-hydrogen) atoms. The van der Waals surface area contributed by atoms with E-state index in [0.717, 1.165) is 35.4 Å². The van der Waals surface area contributed by atoms with E-state index < -0.39 is 29.0 Å². The Morgan fingerprint density at radius 1 is 0.852 bits per heavy atom. The van der Waals surface area contributed by atoms with Gasteiger partial charge in [-0.25, -0.2) is 0 Å². The molecule has 0 aromatic heterocycles. The number of amides is 2. The molecular weight excluding hydrogens is 357 g/mol. The Balaban J connectivity index is 2.11. The molecule has 2 N–H and O–H groups in total. The van der Waals surface area contributed by atoms with Crippen LogP contribution in [0.2, 0.25) is 0 Å². The van der Waals surface area contributed by atoms with E-state index in [1.54, 1.807) is 6.07 Å². The molecule has 144 valence electrons. The maximum Gasteiger partial charge on any atom is 0.416 e. The number of benzene rings is 2. The van der Waals surface area contributed by atoms with Crippen LogP contribution in [0.1, 0.15) is 30.5 Å². The standard InChI is InChI=1S/C20H21F3N2O2/c1-12-5-6-13(2)16(11-12)25-18(27)19(3,4)17(26)24-15-9-7-14(8-10-15)20(21,22)23/h5-11H,1-4H3,(H,24,26)(H,25,27). The second kappa shape index (κ2) is 7.42. The maximum atomic E-state index is 12.6. The van der Waals surface area contributed by atoms with E-state index in [9.17, 15) is 22.8 Å². The molecule has 0 atom stereocenters. The fraction of sp³-hybridized carbons (Fsp3) is 0.300. The van der Waals surface area contributed by atoms with Crippen molar-refractivity contribution in [2.45, 2.75) is 33.9 Å². The third kappa shape index (κ3) is 4.87. The van der Waals surface area contributed by atoms with Gasteiger partial charge in [-0.3, -0.25) is 9.59 Å². The molecule has 0 aliphatic rings. The van der Waals surface area contributed by atoms with E-state index in [1.165, 1.54) is 13.8 Å². The number of carbonyl (C=O) groups is 2. The van der Waals surface area contributed by atoms with E-state index in [1.807, 2.05) is 26.0 Å². The predicted octanol–water partition coefficient (Wildman–Crippen LogP) is 4.93. The fourth-order valence-electron chi connectivity index (χ4n) is 2.28. The zero-order valence-corrected chi connectivity index (χ0v) is 15.5. The molecule has 4 nitrogen and oxygen atoms in total. The number of hydrogen-bond acceptors (Lipinski definition) is 2. The van der Waals surface area contributed by atoms with Crippen molar-refractivity contribution in [3.63, 3.8) is 0 Å². The lowest BCUT2D eigenvalue weighted by Crippen LogP contribution is -2.41. The molecule has 0 saturated carbocycles. The van der Waals surface area contributed by atoms with Crippen molar-refractivity contribution in [3.05, 3.63) is 59.2 Å². The monoisotopic (exact) mass is 378 g/mol. The number of halogens is 3. The van der Waals surface area contributed by atoms with Crippen LogP contribution in [-0.4, -0.2) is 11.8 Å². The van der Waals surface area contributed by atoms with Gasteiger partial charge in [0.2, 0.25) is 11.8 Å². The third-order valence-electron chi connectivity index (χ3n) is 4.25. The number of hydrogen-bond donors (Lipinski definition) is 2. The second-order valence-corrected chi connectivity index (χ2v) is 6.93. The lowest BCUT2D eigenvalue weighted by Gasteiger charge is -2.23. The summed E-state index contributed by atoms with van der Waals surface area (Å²) in [5.74, 6) is -1.13. The van der Waals surface area contributed by atoms with E-state index in [2.05, 4.69) is 10.6 Å². The van der Waals surface area contributed by atoms with Crippen molar-refractivity contribution in [1.29, 1.82) is 0 Å². The number of aryl methyl sites for hydroxylation is 2. The minimum absolute atomic E-state index is 0.181. The van der Waals surface area contributed by atoms with Gasteiger partial charge in [0, 0.05) is 11.4 Å². The van der Waals surface area contributed by atoms with E-state index in [4.69, 9.17) is 0 Å². The van der Waals surface area contributed by atoms with Gasteiger partial charge in [0.05, 0.1) is 5.56 Å². The SMILES string of the molecule is Cc1ccc(C)c(NC(=O)C(C)(C)C(=O)Nc2ccc(C(F)(F)F)cc2)c1. The van der Waals surface area contributed by atoms with Crippen molar-refractivity contribution < 1.29 is 22.8 Å². The first-order valence-corrected chi connectivity index (χ1v) is 8.28. The summed E-state index contributed by atoms with van der Waals surface area (Å²) in [5.41, 5.74) is 0.359. The first-order valence-electron chi connectivity index (χ1n) is 8.28. The van der Waals surface area contributed by atoms with Crippen LogP contribution in [0.15, 0.2) is 42.5 Å². The Morgan fingerprint density at radius 3 is 1.96 bits per heavy atom. The normalized spacial score (nSPS) is 11.8. The first-order chi connectivity index (χ1) is 12.4. The first kappa shape index (κ1) is 20.5. The van der Waals surface area contributed by atoms with Crippen LogP contribution in [0.25, 0.3) is 0 Å². The van der Waals surface area contributed by atoms with Gasteiger partial charge < -0.3 is 10.6 Å². The van der Waals surface area contributed by atoms with Gasteiger partial charge in [0.1, 0.15) is 5.41 Å². The summed E-state index contributed by atoms with van der Waals surface area (Å²) in [4.78, 5) is 25.1. The van der Waals surface area contributed by atoms with E-state index in [-0.39, 0.29) is 5.69 Å². The average molecular weight is 378 g/mol. The van der Waals surface area contributed by atoms with Crippen LogP contribution < -0.4 is 10.6 Å². The zero-order chi connectivity index (χ0) is 20.4. The Hall–Kier alpha value is -2.83. The van der Waals surface area contributed by atoms with Crippen molar-refractivity contribution in [2.75, 3.05) is 10.6 Å². The second-order valence-electron chi connectivity index (χ2n) is 6.93. The van der Waals surface area contributed by atoms with Gasteiger partial charge >= 0.3 is 6.18 Å². The van der Waals surface area contributed by atoms with E-state index in [0.29, 0.717) is 5.69 Å². The average Bonchev–Trinajstić information content (AvgIpc) is 2.57. The molecule has 2 aromatic rings. The number of carbonyl (C=O) groups excluding carboxylic acids is 2. The minimum atomic E-state index is -4.45. The highest BCUT2D eigenvalue weighted by molar-refractivity contribution is 6.14. The van der Waals surface area contributed by atoms with Crippen LogP contribution in [-0.2, 0) is 15.8 Å². The summed E-state index contributed by atoms with van der Waals surface area (Å²) >= 11 is 0. The molecule has 2 rings (SSSR count). The van der Waals surface area contributed by atoms with Gasteiger partial charge in [0.15, 0.2) is 0 Å². The summed E-state index contributed by atoms with van der Waals surface area (Å²) in [6, 6.07) is 9.63. The molecule has 2 amide bonds. The molecule has 0 aliphatic carbocycles. The van der Waals surface area contributed by atoms with Crippen LogP contribution in [0.3, 0.4) is 0 Å². The van der Waals surface area contributed by atoms with Crippen molar-refractivity contribution >= 4 is 23.2 Å². The highest BCUT2D eigenvalue weighted by atomic mass is 19.4. The molecule has 0 radical (unpaired) electrons. The third-order valence-corrected chi connectivity index (χ3v) is 4.25. The van der Waals surface area contributed by atoms with Crippen LogP contribution in [0.5, 0.6) is 0 Å². The van der Waals surface area contributed by atoms with E-state index >= 15 is 0 Å². The Bertz CT molecular complexity index is 857. The largest absolute Gasteiger partial charge is 0.416 e. The van der Waals surface area contributed by atoms with Gasteiger partial charge in [0.25, 0.3) is 0 Å². The van der Waals surface area contributed by atoms with Crippen LogP contribution in [0, 0.1) is 19.3 Å². The molecule has 0 bridgehead atoms. The summed E-state index contributed by atoms with van der Waals surface area (Å²) in [5, 5.41) is 5.22. The lowest BCUT2D eigenvalue weighted by atomic mass is 9.90. The molecule has 0 saturated heterocycles. The Kier molecular flexibility index (Phi) is 5.63. The summed E-state index contributed by atoms with van der Waals surface area (Å²) < 4.78 is 37.8. The zero-order valence-electron chi connectivity index (χ0n) is 15.5. The number of anilines is 2.